The molecule has 0 fully saturated rings. The molecule has 0 aromatic heterocycles. The smallest absolute Gasteiger partial charge is 0.243 e. The first-order valence-corrected chi connectivity index (χ1v) is 6.39. The van der Waals surface area contributed by atoms with Gasteiger partial charge in [0.15, 0.2) is 0 Å². The molecule has 2 N–H and O–H groups in total. The molecule has 1 amide bonds. The largest absolute Gasteiger partial charge is 0.497 e. The van der Waals surface area contributed by atoms with Crippen LogP contribution in [-0.2, 0) is 4.79 Å². The van der Waals surface area contributed by atoms with Crippen molar-refractivity contribution in [2.45, 2.75) is 0 Å². The van der Waals surface area contributed by atoms with E-state index in [1.165, 1.54) is 0 Å². The van der Waals surface area contributed by atoms with E-state index in [1.807, 2.05) is 18.2 Å². The fraction of sp³-hybridized carbons (Fsp3) is 0.125. The minimum absolute atomic E-state index is 0.142. The molecule has 0 radical (unpaired) electrons. The van der Waals surface area contributed by atoms with Crippen LogP contribution in [-0.4, -0.2) is 19.6 Å². The Hall–Kier alpha value is -3.00. The molecule has 0 spiro atoms. The predicted molar refractivity (Wildman–Crippen MR) is 81.3 cm³/mol. The fourth-order valence-corrected chi connectivity index (χ4v) is 1.75. The van der Waals surface area contributed by atoms with Crippen LogP contribution < -0.4 is 15.4 Å². The number of nitrogens with one attached hydrogen (secondary N) is 2. The molecule has 2 aromatic rings. The normalized spacial score (nSPS) is 9.52. The third-order valence-corrected chi connectivity index (χ3v) is 2.82. The lowest BCUT2D eigenvalue weighted by molar-refractivity contribution is -0.114. The average molecular weight is 281 g/mol. The molecule has 0 saturated carbocycles. The minimum Gasteiger partial charge on any atom is -0.497 e. The van der Waals surface area contributed by atoms with Crippen molar-refractivity contribution in [3.05, 3.63) is 54.1 Å². The number of hydrogen-bond donors (Lipinski definition) is 2. The van der Waals surface area contributed by atoms with Crippen molar-refractivity contribution >= 4 is 17.3 Å². The van der Waals surface area contributed by atoms with Gasteiger partial charge in [-0.25, -0.2) is 0 Å². The van der Waals surface area contributed by atoms with Crippen LogP contribution in [0.4, 0.5) is 11.4 Å². The van der Waals surface area contributed by atoms with Gasteiger partial charge in [0.25, 0.3) is 0 Å². The second kappa shape index (κ2) is 6.96. The van der Waals surface area contributed by atoms with Gasteiger partial charge in [-0.15, -0.1) is 0 Å². The van der Waals surface area contributed by atoms with Gasteiger partial charge in [0.2, 0.25) is 5.91 Å². The van der Waals surface area contributed by atoms with Crippen molar-refractivity contribution in [3.8, 4) is 11.8 Å². The van der Waals surface area contributed by atoms with Crippen LogP contribution in [0.25, 0.3) is 0 Å². The first-order chi connectivity index (χ1) is 10.2. The number of benzene rings is 2. The minimum atomic E-state index is -0.160. The van der Waals surface area contributed by atoms with Crippen LogP contribution >= 0.6 is 0 Å². The summed E-state index contributed by atoms with van der Waals surface area (Å²) in [6, 6.07) is 16.1. The summed E-state index contributed by atoms with van der Waals surface area (Å²) in [6.07, 6.45) is 0. The van der Waals surface area contributed by atoms with E-state index in [0.717, 1.165) is 5.69 Å². The Morgan fingerprint density at radius 2 is 1.95 bits per heavy atom. The van der Waals surface area contributed by atoms with Crippen LogP contribution in [0, 0.1) is 11.3 Å². The van der Waals surface area contributed by atoms with Gasteiger partial charge in [-0.05, 0) is 36.4 Å². The molecule has 2 rings (SSSR count). The number of nitrogens with zero attached hydrogens (tertiary/aromatic N) is 1. The standard InChI is InChI=1S/C16H15N3O2/c1-21-15-4-2-3-14(9-15)19-16(20)11-18-13-7-5-12(10-17)6-8-13/h2-9,18H,11H2,1H3,(H,19,20). The second-order valence-electron chi connectivity index (χ2n) is 4.32. The average Bonchev–Trinajstić information content (AvgIpc) is 2.53. The van der Waals surface area contributed by atoms with Crippen molar-refractivity contribution in [3.63, 3.8) is 0 Å². The maximum atomic E-state index is 11.8. The van der Waals surface area contributed by atoms with E-state index in [-0.39, 0.29) is 12.5 Å². The van der Waals surface area contributed by atoms with Gasteiger partial charge in [-0.1, -0.05) is 6.07 Å². The lowest BCUT2D eigenvalue weighted by Crippen LogP contribution is -2.21. The van der Waals surface area contributed by atoms with Gasteiger partial charge >= 0.3 is 0 Å². The molecule has 0 aliphatic heterocycles. The number of amides is 1. The zero-order valence-corrected chi connectivity index (χ0v) is 11.6. The summed E-state index contributed by atoms with van der Waals surface area (Å²) in [5.41, 5.74) is 2.05. The molecule has 0 atom stereocenters. The Balaban J connectivity index is 1.88. The highest BCUT2D eigenvalue weighted by atomic mass is 16.5. The predicted octanol–water partition coefficient (Wildman–Crippen LogP) is 2.62. The van der Waals surface area contributed by atoms with Gasteiger partial charge in [0.1, 0.15) is 5.75 Å². The molecule has 0 heterocycles. The number of hydrogen-bond acceptors (Lipinski definition) is 4. The summed E-state index contributed by atoms with van der Waals surface area (Å²) in [6.45, 7) is 0.142. The summed E-state index contributed by atoms with van der Waals surface area (Å²) in [7, 11) is 1.58. The lowest BCUT2D eigenvalue weighted by atomic mass is 10.2. The van der Waals surface area contributed by atoms with Crippen molar-refractivity contribution in [1.82, 2.24) is 0 Å². The number of nitriles is 1. The number of rotatable bonds is 5. The molecule has 21 heavy (non-hydrogen) atoms. The molecule has 0 unspecified atom stereocenters. The molecule has 0 bridgehead atoms. The molecule has 0 aliphatic rings. The molecule has 0 aliphatic carbocycles. The van der Waals surface area contributed by atoms with Gasteiger partial charge in [0, 0.05) is 17.4 Å². The zero-order chi connectivity index (χ0) is 15.1. The highest BCUT2D eigenvalue weighted by Crippen LogP contribution is 2.16. The third kappa shape index (κ3) is 4.25. The summed E-state index contributed by atoms with van der Waals surface area (Å²) >= 11 is 0. The van der Waals surface area contributed by atoms with E-state index in [0.29, 0.717) is 17.0 Å². The number of carbonyl (C=O) groups excluding carboxylic acids is 1. The number of anilines is 2. The summed E-state index contributed by atoms with van der Waals surface area (Å²) in [5.74, 6) is 0.528. The Labute approximate surface area is 123 Å². The van der Waals surface area contributed by atoms with Gasteiger partial charge in [-0.3, -0.25) is 4.79 Å². The molecule has 5 nitrogen and oxygen atoms in total. The van der Waals surface area contributed by atoms with Crippen LogP contribution in [0.5, 0.6) is 5.75 Å². The molecule has 106 valence electrons. The maximum Gasteiger partial charge on any atom is 0.243 e. The van der Waals surface area contributed by atoms with Crippen molar-refractivity contribution in [2.24, 2.45) is 0 Å². The SMILES string of the molecule is COc1cccc(NC(=O)CNc2ccc(C#N)cc2)c1. The summed E-state index contributed by atoms with van der Waals surface area (Å²) < 4.78 is 5.09. The van der Waals surface area contributed by atoms with E-state index >= 15 is 0 Å². The van der Waals surface area contributed by atoms with Gasteiger partial charge in [0.05, 0.1) is 25.3 Å². The van der Waals surface area contributed by atoms with Crippen molar-refractivity contribution < 1.29 is 9.53 Å². The van der Waals surface area contributed by atoms with Crippen LogP contribution in [0.1, 0.15) is 5.56 Å². The monoisotopic (exact) mass is 281 g/mol. The van der Waals surface area contributed by atoms with Crippen molar-refractivity contribution in [2.75, 3.05) is 24.3 Å². The van der Waals surface area contributed by atoms with Crippen LogP contribution in [0.3, 0.4) is 0 Å². The van der Waals surface area contributed by atoms with E-state index in [9.17, 15) is 4.79 Å². The van der Waals surface area contributed by atoms with Crippen molar-refractivity contribution in [1.29, 1.82) is 5.26 Å². The van der Waals surface area contributed by atoms with Gasteiger partial charge < -0.3 is 15.4 Å². The quantitative estimate of drug-likeness (QED) is 0.883. The van der Waals surface area contributed by atoms with Gasteiger partial charge in [-0.2, -0.15) is 5.26 Å². The molecule has 2 aromatic carbocycles. The first kappa shape index (κ1) is 14.4. The number of methoxy groups -OCH3 is 1. The highest BCUT2D eigenvalue weighted by molar-refractivity contribution is 5.93. The van der Waals surface area contributed by atoms with E-state index in [4.69, 9.17) is 10.00 Å². The van der Waals surface area contributed by atoms with E-state index in [1.54, 1.807) is 43.5 Å². The lowest BCUT2D eigenvalue weighted by Gasteiger charge is -2.09. The second-order valence-corrected chi connectivity index (χ2v) is 4.32. The number of ether oxygens (including phenoxy) is 1. The number of carbonyl (C=O) groups is 1. The molecular weight excluding hydrogens is 266 g/mol. The summed E-state index contributed by atoms with van der Waals surface area (Å²) in [5, 5.41) is 14.5. The zero-order valence-electron chi connectivity index (χ0n) is 11.6. The maximum absolute atomic E-state index is 11.8. The Morgan fingerprint density at radius 1 is 1.19 bits per heavy atom. The molecular formula is C16H15N3O2. The van der Waals surface area contributed by atoms with E-state index in [2.05, 4.69) is 10.6 Å². The molecule has 0 saturated heterocycles. The fourth-order valence-electron chi connectivity index (χ4n) is 1.75. The Morgan fingerprint density at radius 3 is 2.62 bits per heavy atom. The molecule has 5 heteroatoms. The first-order valence-electron chi connectivity index (χ1n) is 6.39. The van der Waals surface area contributed by atoms with Crippen LogP contribution in [0.2, 0.25) is 0 Å². The highest BCUT2D eigenvalue weighted by Gasteiger charge is 2.03. The van der Waals surface area contributed by atoms with Crippen LogP contribution in [0.15, 0.2) is 48.5 Å². The van der Waals surface area contributed by atoms with E-state index < -0.39 is 0 Å². The summed E-state index contributed by atoms with van der Waals surface area (Å²) in [4.78, 5) is 11.8. The Kier molecular flexibility index (Phi) is 4.78. The third-order valence-electron chi connectivity index (χ3n) is 2.82. The topological polar surface area (TPSA) is 74.2 Å². The Bertz CT molecular complexity index is 660.